The molecule has 32 heavy (non-hydrogen) atoms. The maximum atomic E-state index is 13.3. The highest BCUT2D eigenvalue weighted by Crippen LogP contribution is 2.52. The second kappa shape index (κ2) is 9.36. The summed E-state index contributed by atoms with van der Waals surface area (Å²) in [6.45, 7) is 5.84. The van der Waals surface area contributed by atoms with Gasteiger partial charge in [-0.25, -0.2) is 0 Å². The quantitative estimate of drug-likeness (QED) is 0.452. The molecular weight excluding hydrogens is 416 g/mol. The lowest BCUT2D eigenvalue weighted by molar-refractivity contribution is -0.156. The number of ether oxygens (including phenoxy) is 4. The summed E-state index contributed by atoms with van der Waals surface area (Å²) in [7, 11) is 4.53. The number of carbonyl (C=O) groups excluding carboxylic acids is 3. The Balaban J connectivity index is 2.20. The second-order valence-corrected chi connectivity index (χ2v) is 7.95. The molecule has 0 aliphatic carbocycles. The number of methoxy groups -OCH3 is 3. The molecule has 2 aliphatic rings. The maximum Gasteiger partial charge on any atom is 0.327 e. The normalized spacial score (nSPS) is 26.8. The van der Waals surface area contributed by atoms with E-state index in [4.69, 9.17) is 18.9 Å². The van der Waals surface area contributed by atoms with E-state index < -0.39 is 29.4 Å². The van der Waals surface area contributed by atoms with Gasteiger partial charge in [0, 0.05) is 12.6 Å². The molecule has 2 saturated heterocycles. The Morgan fingerprint density at radius 3 is 2.12 bits per heavy atom. The first kappa shape index (κ1) is 23.8. The Kier molecular flexibility index (Phi) is 6.97. The monoisotopic (exact) mass is 448 g/mol. The number of rotatable bonds is 9. The van der Waals surface area contributed by atoms with Crippen LogP contribution < -0.4 is 19.5 Å². The van der Waals surface area contributed by atoms with Gasteiger partial charge in [-0.1, -0.05) is 13.3 Å². The molecule has 2 fully saturated rings. The average molecular weight is 449 g/mol. The highest BCUT2D eigenvalue weighted by molar-refractivity contribution is 6.09. The second-order valence-electron chi connectivity index (χ2n) is 7.95. The van der Waals surface area contributed by atoms with E-state index >= 15 is 0 Å². The van der Waals surface area contributed by atoms with Gasteiger partial charge >= 0.3 is 5.97 Å². The van der Waals surface area contributed by atoms with Gasteiger partial charge in [-0.3, -0.25) is 24.6 Å². The molecule has 1 aromatic rings. The zero-order chi connectivity index (χ0) is 23.6. The molecule has 9 heteroatoms. The zero-order valence-corrected chi connectivity index (χ0v) is 19.5. The molecule has 0 spiro atoms. The van der Waals surface area contributed by atoms with E-state index in [9.17, 15) is 14.4 Å². The fourth-order valence-electron chi connectivity index (χ4n) is 5.12. The van der Waals surface area contributed by atoms with E-state index in [0.717, 1.165) is 0 Å². The van der Waals surface area contributed by atoms with E-state index in [1.165, 1.54) is 26.2 Å². The Hall–Kier alpha value is -2.81. The van der Waals surface area contributed by atoms with Gasteiger partial charge in [0.25, 0.3) is 0 Å². The summed E-state index contributed by atoms with van der Waals surface area (Å²) in [5.74, 6) is -1.47. The molecule has 1 N–H and O–H groups in total. The van der Waals surface area contributed by atoms with Gasteiger partial charge in [0.1, 0.15) is 5.54 Å². The van der Waals surface area contributed by atoms with Gasteiger partial charge in [0.05, 0.1) is 39.8 Å². The summed E-state index contributed by atoms with van der Waals surface area (Å²) in [5.41, 5.74) is -0.632. The van der Waals surface area contributed by atoms with Crippen molar-refractivity contribution in [3.8, 4) is 17.2 Å². The van der Waals surface area contributed by atoms with Gasteiger partial charge in [-0.05, 0) is 38.0 Å². The summed E-state index contributed by atoms with van der Waals surface area (Å²) in [5, 5.41) is 3.36. The Bertz CT molecular complexity index is 877. The predicted octanol–water partition coefficient (Wildman–Crippen LogP) is 2.08. The standard InChI is InChI=1S/C23H32N2O7/c1-7-10-23(22(28)32-9-3)17-16(20(26)25(8-2)21(17)27)18(24-23)13-11-14(29-4)19(31-6)15(12-13)30-5/h11-12,16-18,24H,7-10H2,1-6H3/t16-,17-,18-,23+/m1/s1. The number of fused-ring (bicyclic) bond motifs is 1. The van der Waals surface area contributed by atoms with Crippen LogP contribution in [0, 0.1) is 11.8 Å². The van der Waals surface area contributed by atoms with Crippen molar-refractivity contribution in [3.05, 3.63) is 17.7 Å². The average Bonchev–Trinajstić information content (AvgIpc) is 3.27. The smallest absolute Gasteiger partial charge is 0.327 e. The number of esters is 1. The van der Waals surface area contributed by atoms with E-state index in [1.807, 2.05) is 6.92 Å². The van der Waals surface area contributed by atoms with E-state index in [-0.39, 0.29) is 25.0 Å². The molecule has 0 aromatic heterocycles. The van der Waals surface area contributed by atoms with E-state index in [2.05, 4.69) is 5.32 Å². The summed E-state index contributed by atoms with van der Waals surface area (Å²) < 4.78 is 21.8. The fraction of sp³-hybridized carbons (Fsp3) is 0.609. The Morgan fingerprint density at radius 1 is 1.03 bits per heavy atom. The number of nitrogens with zero attached hydrogens (tertiary/aromatic N) is 1. The SMILES string of the molecule is CCC[C@]1(C(=O)OCC)N[C@H](c2cc(OC)c(OC)c(OC)c2)[C@@H]2C(=O)N(CC)C(=O)[C@@H]21. The van der Waals surface area contributed by atoms with Gasteiger partial charge < -0.3 is 18.9 Å². The first-order chi connectivity index (χ1) is 15.3. The van der Waals surface area contributed by atoms with Crippen molar-refractivity contribution in [3.63, 3.8) is 0 Å². The van der Waals surface area contributed by atoms with Crippen LogP contribution in [-0.2, 0) is 19.1 Å². The summed E-state index contributed by atoms with van der Waals surface area (Å²) in [6, 6.07) is 2.88. The van der Waals surface area contributed by atoms with Crippen LogP contribution in [0.2, 0.25) is 0 Å². The third-order valence-corrected chi connectivity index (χ3v) is 6.39. The van der Waals surface area contributed by atoms with Crippen LogP contribution in [0.1, 0.15) is 45.2 Å². The number of likely N-dealkylation sites (tertiary alicyclic amines) is 1. The van der Waals surface area contributed by atoms with Crippen molar-refractivity contribution in [2.75, 3.05) is 34.5 Å². The minimum absolute atomic E-state index is 0.178. The van der Waals surface area contributed by atoms with Crippen LogP contribution in [0.25, 0.3) is 0 Å². The Labute approximate surface area is 188 Å². The van der Waals surface area contributed by atoms with Gasteiger partial charge in [-0.2, -0.15) is 0 Å². The zero-order valence-electron chi connectivity index (χ0n) is 19.5. The number of imide groups is 1. The third kappa shape index (κ3) is 3.48. The van der Waals surface area contributed by atoms with Crippen molar-refractivity contribution < 1.29 is 33.3 Å². The van der Waals surface area contributed by atoms with Crippen LogP contribution in [0.15, 0.2) is 12.1 Å². The van der Waals surface area contributed by atoms with Crippen LogP contribution >= 0.6 is 0 Å². The molecule has 1 aromatic carbocycles. The van der Waals surface area contributed by atoms with Crippen LogP contribution in [0.4, 0.5) is 0 Å². The highest BCUT2D eigenvalue weighted by atomic mass is 16.5. The number of amides is 2. The largest absolute Gasteiger partial charge is 0.493 e. The number of hydrogen-bond donors (Lipinski definition) is 1. The number of nitrogens with one attached hydrogen (secondary N) is 1. The molecular formula is C23H32N2O7. The minimum Gasteiger partial charge on any atom is -0.493 e. The molecule has 4 atom stereocenters. The van der Waals surface area contributed by atoms with Gasteiger partial charge in [0.15, 0.2) is 11.5 Å². The van der Waals surface area contributed by atoms with E-state index in [0.29, 0.717) is 35.7 Å². The molecule has 176 valence electrons. The van der Waals surface area contributed by atoms with Crippen molar-refractivity contribution in [1.29, 1.82) is 0 Å². The van der Waals surface area contributed by atoms with Gasteiger partial charge in [-0.15, -0.1) is 0 Å². The topological polar surface area (TPSA) is 103 Å². The van der Waals surface area contributed by atoms with Crippen molar-refractivity contribution in [2.45, 2.75) is 45.2 Å². The maximum absolute atomic E-state index is 13.3. The lowest BCUT2D eigenvalue weighted by atomic mass is 9.77. The van der Waals surface area contributed by atoms with Crippen molar-refractivity contribution >= 4 is 17.8 Å². The first-order valence-corrected chi connectivity index (χ1v) is 10.9. The minimum atomic E-state index is -1.29. The molecule has 0 radical (unpaired) electrons. The fourth-order valence-corrected chi connectivity index (χ4v) is 5.12. The van der Waals surface area contributed by atoms with Crippen LogP contribution in [-0.4, -0.2) is 62.7 Å². The van der Waals surface area contributed by atoms with Crippen LogP contribution in [0.3, 0.4) is 0 Å². The number of carbonyl (C=O) groups is 3. The third-order valence-electron chi connectivity index (χ3n) is 6.39. The first-order valence-electron chi connectivity index (χ1n) is 10.9. The predicted molar refractivity (Wildman–Crippen MR) is 116 cm³/mol. The molecule has 0 unspecified atom stereocenters. The number of hydrogen-bond acceptors (Lipinski definition) is 8. The molecule has 0 saturated carbocycles. The lowest BCUT2D eigenvalue weighted by Crippen LogP contribution is -2.56. The summed E-state index contributed by atoms with van der Waals surface area (Å²) in [6.07, 6.45) is 0.995. The molecule has 2 heterocycles. The molecule has 9 nitrogen and oxygen atoms in total. The molecule has 2 amide bonds. The molecule has 0 bridgehead atoms. The van der Waals surface area contributed by atoms with E-state index in [1.54, 1.807) is 26.0 Å². The molecule has 2 aliphatic heterocycles. The van der Waals surface area contributed by atoms with Crippen molar-refractivity contribution in [1.82, 2.24) is 10.2 Å². The van der Waals surface area contributed by atoms with Gasteiger partial charge in [0.2, 0.25) is 17.6 Å². The highest BCUT2D eigenvalue weighted by Gasteiger charge is 2.68. The summed E-state index contributed by atoms with van der Waals surface area (Å²) in [4.78, 5) is 41.2. The molecule has 3 rings (SSSR count). The van der Waals surface area contributed by atoms with Crippen LogP contribution in [0.5, 0.6) is 17.2 Å². The van der Waals surface area contributed by atoms with Crippen molar-refractivity contribution in [2.24, 2.45) is 11.8 Å². The lowest BCUT2D eigenvalue weighted by Gasteiger charge is -2.32. The number of benzene rings is 1. The summed E-state index contributed by atoms with van der Waals surface area (Å²) >= 11 is 0. The Morgan fingerprint density at radius 2 is 1.66 bits per heavy atom.